The molecule has 0 saturated carbocycles. The maximum absolute atomic E-state index is 12.9. The number of halogens is 1. The Morgan fingerprint density at radius 3 is 2.92 bits per heavy atom. The van der Waals surface area contributed by atoms with E-state index >= 15 is 0 Å². The Kier molecular flexibility index (Phi) is 4.84. The summed E-state index contributed by atoms with van der Waals surface area (Å²) < 4.78 is 5.60. The van der Waals surface area contributed by atoms with E-state index in [1.807, 2.05) is 23.2 Å². The van der Waals surface area contributed by atoms with Crippen LogP contribution in [0.25, 0.3) is 0 Å². The number of carbonyl (C=O) groups excluding carboxylic acids is 1. The summed E-state index contributed by atoms with van der Waals surface area (Å²) in [5, 5.41) is 0.671. The zero-order valence-electron chi connectivity index (χ0n) is 14.4. The number of aromatic nitrogens is 2. The summed E-state index contributed by atoms with van der Waals surface area (Å²) in [6.07, 6.45) is 16.1. The number of amides is 2. The summed E-state index contributed by atoms with van der Waals surface area (Å²) in [7, 11) is 0. The molecular formula is C19H21ClN4O2. The fourth-order valence-corrected chi connectivity index (χ4v) is 3.81. The smallest absolute Gasteiger partial charge is 0.328 e. The maximum atomic E-state index is 12.9. The van der Waals surface area contributed by atoms with E-state index < -0.39 is 0 Å². The lowest BCUT2D eigenvalue weighted by Crippen LogP contribution is -2.43. The molecule has 3 aliphatic rings. The lowest BCUT2D eigenvalue weighted by atomic mass is 9.94. The van der Waals surface area contributed by atoms with Crippen molar-refractivity contribution in [2.24, 2.45) is 0 Å². The van der Waals surface area contributed by atoms with Crippen LogP contribution in [0.1, 0.15) is 37.3 Å². The van der Waals surface area contributed by atoms with Crippen LogP contribution in [0.15, 0.2) is 59.7 Å². The maximum Gasteiger partial charge on any atom is 0.328 e. The number of rotatable bonds is 2. The molecular weight excluding hydrogens is 352 g/mol. The Balaban J connectivity index is 1.42. The number of nitrogens with zero attached hydrogens (tertiary/aromatic N) is 3. The second kappa shape index (κ2) is 7.41. The van der Waals surface area contributed by atoms with Crippen molar-refractivity contribution in [3.8, 4) is 0 Å². The molecule has 0 unspecified atom stereocenters. The Morgan fingerprint density at radius 1 is 1.35 bits per heavy atom. The normalized spacial score (nSPS) is 21.0. The van der Waals surface area contributed by atoms with E-state index in [0.29, 0.717) is 16.7 Å². The fourth-order valence-electron chi connectivity index (χ4n) is 3.54. The fraction of sp³-hybridized carbons (Fsp3) is 0.368. The van der Waals surface area contributed by atoms with E-state index in [9.17, 15) is 4.79 Å². The highest BCUT2D eigenvalue weighted by Gasteiger charge is 2.28. The zero-order valence-corrected chi connectivity index (χ0v) is 15.2. The highest BCUT2D eigenvalue weighted by atomic mass is 35.5. The third-order valence-electron chi connectivity index (χ3n) is 5.01. The van der Waals surface area contributed by atoms with E-state index in [0.717, 1.165) is 50.0 Å². The average Bonchev–Trinajstić information content (AvgIpc) is 3.23. The van der Waals surface area contributed by atoms with Gasteiger partial charge in [-0.15, -0.1) is 0 Å². The van der Waals surface area contributed by atoms with Crippen LogP contribution in [0.3, 0.4) is 0 Å². The summed E-state index contributed by atoms with van der Waals surface area (Å²) in [5.74, 6) is 1.05. The molecule has 0 spiro atoms. The minimum Gasteiger partial charge on any atom is -0.462 e. The van der Waals surface area contributed by atoms with Gasteiger partial charge in [0.1, 0.15) is 12.0 Å². The standard InChI is InChI=1S/C19H21ClN4O2/c20-16-4-2-1-3-15(16)18-12-24(9-10-26-18)19(25)23-7-5-14(6-8-23)17-11-21-13-22-17/h2,4,9-14H,1,3,5-8H2,(H,21,22). The van der Waals surface area contributed by atoms with Crippen molar-refractivity contribution in [2.45, 2.75) is 31.6 Å². The van der Waals surface area contributed by atoms with Crippen molar-refractivity contribution in [3.05, 3.63) is 65.4 Å². The van der Waals surface area contributed by atoms with Crippen molar-refractivity contribution in [1.82, 2.24) is 19.8 Å². The van der Waals surface area contributed by atoms with Crippen molar-refractivity contribution in [3.63, 3.8) is 0 Å². The first kappa shape index (κ1) is 17.0. The minimum atomic E-state index is -0.0365. The quantitative estimate of drug-likeness (QED) is 0.846. The SMILES string of the molecule is O=C(N1C=COC(C2=C(Cl)C=CCC2)=C1)N1CCC(c2c[nH]cn2)CC1. The van der Waals surface area contributed by atoms with Crippen LogP contribution in [-0.2, 0) is 4.74 Å². The van der Waals surface area contributed by atoms with Gasteiger partial charge < -0.3 is 14.6 Å². The highest BCUT2D eigenvalue weighted by Crippen LogP contribution is 2.31. The molecule has 1 N–H and O–H groups in total. The van der Waals surface area contributed by atoms with Crippen LogP contribution in [0.4, 0.5) is 4.79 Å². The Hall–Kier alpha value is -2.47. The molecule has 6 nitrogen and oxygen atoms in total. The zero-order chi connectivity index (χ0) is 17.9. The monoisotopic (exact) mass is 372 g/mol. The highest BCUT2D eigenvalue weighted by molar-refractivity contribution is 6.31. The first-order valence-corrected chi connectivity index (χ1v) is 9.27. The second-order valence-corrected chi connectivity index (χ2v) is 7.02. The molecule has 7 heteroatoms. The van der Waals surface area contributed by atoms with E-state index in [2.05, 4.69) is 9.97 Å². The van der Waals surface area contributed by atoms with Crippen LogP contribution in [0, 0.1) is 0 Å². The minimum absolute atomic E-state index is 0.0365. The summed E-state index contributed by atoms with van der Waals surface area (Å²) in [5.41, 5.74) is 2.02. The number of urea groups is 1. The lowest BCUT2D eigenvalue weighted by molar-refractivity contribution is 0.160. The first-order chi connectivity index (χ1) is 12.7. The molecule has 0 bridgehead atoms. The van der Waals surface area contributed by atoms with Gasteiger partial charge in [-0.25, -0.2) is 9.78 Å². The molecule has 3 heterocycles. The van der Waals surface area contributed by atoms with E-state index in [4.69, 9.17) is 16.3 Å². The van der Waals surface area contributed by atoms with E-state index in [1.54, 1.807) is 29.9 Å². The van der Waals surface area contributed by atoms with Gasteiger partial charge in [-0.1, -0.05) is 17.7 Å². The average molecular weight is 373 g/mol. The molecule has 2 amide bonds. The molecule has 2 aliphatic heterocycles. The third kappa shape index (κ3) is 3.42. The predicted octanol–water partition coefficient (Wildman–Crippen LogP) is 4.20. The number of carbonyl (C=O) groups is 1. The summed E-state index contributed by atoms with van der Waals surface area (Å²) in [6, 6.07) is -0.0365. The van der Waals surface area contributed by atoms with Gasteiger partial charge in [-0.2, -0.15) is 0 Å². The number of piperidine rings is 1. The number of hydrogen-bond donors (Lipinski definition) is 1. The van der Waals surface area contributed by atoms with E-state index in [-0.39, 0.29) is 6.03 Å². The van der Waals surface area contributed by atoms with Crippen molar-refractivity contribution < 1.29 is 9.53 Å². The van der Waals surface area contributed by atoms with Crippen molar-refractivity contribution in [1.29, 1.82) is 0 Å². The van der Waals surface area contributed by atoms with Gasteiger partial charge in [0.25, 0.3) is 0 Å². The van der Waals surface area contributed by atoms with Crippen LogP contribution in [-0.4, -0.2) is 38.9 Å². The van der Waals surface area contributed by atoms with Crippen LogP contribution in [0.2, 0.25) is 0 Å². The third-order valence-corrected chi connectivity index (χ3v) is 5.36. The van der Waals surface area contributed by atoms with Crippen LogP contribution in [0.5, 0.6) is 0 Å². The van der Waals surface area contributed by atoms with Gasteiger partial charge in [-0.3, -0.25) is 4.90 Å². The molecule has 1 aliphatic carbocycles. The molecule has 0 atom stereocenters. The molecule has 1 fully saturated rings. The molecule has 0 radical (unpaired) electrons. The Labute approximate surface area is 157 Å². The van der Waals surface area contributed by atoms with Gasteiger partial charge in [0.2, 0.25) is 0 Å². The summed E-state index contributed by atoms with van der Waals surface area (Å²) >= 11 is 6.28. The molecule has 136 valence electrons. The molecule has 0 aromatic carbocycles. The molecule has 1 aromatic heterocycles. The number of imidazole rings is 1. The van der Waals surface area contributed by atoms with Gasteiger partial charge >= 0.3 is 6.03 Å². The molecule has 1 saturated heterocycles. The van der Waals surface area contributed by atoms with Crippen molar-refractivity contribution in [2.75, 3.05) is 13.1 Å². The lowest BCUT2D eigenvalue weighted by Gasteiger charge is -2.34. The van der Waals surface area contributed by atoms with Gasteiger partial charge in [-0.05, 0) is 31.8 Å². The van der Waals surface area contributed by atoms with Gasteiger partial charge in [0.05, 0.1) is 18.2 Å². The number of H-pyrrole nitrogens is 1. The molecule has 26 heavy (non-hydrogen) atoms. The number of nitrogens with one attached hydrogen (secondary N) is 1. The number of hydrogen-bond acceptors (Lipinski definition) is 3. The van der Waals surface area contributed by atoms with E-state index in [1.165, 1.54) is 0 Å². The number of aromatic amines is 1. The Morgan fingerprint density at radius 2 is 2.19 bits per heavy atom. The Bertz CT molecular complexity index is 786. The van der Waals surface area contributed by atoms with Gasteiger partial charge in [0.15, 0.2) is 0 Å². The number of ether oxygens (including phenoxy) is 1. The summed E-state index contributed by atoms with van der Waals surface area (Å²) in [4.78, 5) is 23.7. The van der Waals surface area contributed by atoms with Crippen LogP contribution < -0.4 is 0 Å². The van der Waals surface area contributed by atoms with Crippen LogP contribution >= 0.6 is 11.6 Å². The second-order valence-electron chi connectivity index (χ2n) is 6.61. The van der Waals surface area contributed by atoms with Gasteiger partial charge in [0, 0.05) is 42.0 Å². The van der Waals surface area contributed by atoms with Crippen molar-refractivity contribution >= 4 is 17.6 Å². The number of likely N-dealkylation sites (tertiary alicyclic amines) is 1. The molecule has 4 rings (SSSR count). The first-order valence-electron chi connectivity index (χ1n) is 8.89. The molecule has 1 aromatic rings. The predicted molar refractivity (Wildman–Crippen MR) is 98.9 cm³/mol. The largest absolute Gasteiger partial charge is 0.462 e. The number of allylic oxidation sites excluding steroid dienone is 4. The topological polar surface area (TPSA) is 61.5 Å². The summed E-state index contributed by atoms with van der Waals surface area (Å²) in [6.45, 7) is 1.44.